The van der Waals surface area contributed by atoms with E-state index in [-0.39, 0.29) is 18.6 Å². The van der Waals surface area contributed by atoms with Crippen LogP contribution in [0.3, 0.4) is 0 Å². The molecule has 166 valence electrons. The number of aromatic nitrogens is 3. The second kappa shape index (κ2) is 8.36. The van der Waals surface area contributed by atoms with Gasteiger partial charge >= 0.3 is 10.3 Å². The van der Waals surface area contributed by atoms with Crippen molar-refractivity contribution in [2.24, 2.45) is 11.1 Å². The van der Waals surface area contributed by atoms with Crippen LogP contribution in [0.4, 0.5) is 5.82 Å². The lowest BCUT2D eigenvalue weighted by molar-refractivity contribution is 0.00282. The first-order valence-corrected chi connectivity index (χ1v) is 11.7. The van der Waals surface area contributed by atoms with Crippen molar-refractivity contribution in [3.05, 3.63) is 53.4 Å². The van der Waals surface area contributed by atoms with Crippen LogP contribution < -0.4 is 10.5 Å². The van der Waals surface area contributed by atoms with Crippen LogP contribution in [0.1, 0.15) is 31.4 Å². The van der Waals surface area contributed by atoms with Crippen LogP contribution in [0.25, 0.3) is 11.0 Å². The second-order valence-electron chi connectivity index (χ2n) is 8.09. The van der Waals surface area contributed by atoms with E-state index in [0.29, 0.717) is 30.2 Å². The molecule has 4 N–H and O–H groups in total. The van der Waals surface area contributed by atoms with E-state index in [1.165, 1.54) is 6.33 Å². The van der Waals surface area contributed by atoms with Gasteiger partial charge < -0.3 is 15.0 Å². The molecule has 0 amide bonds. The summed E-state index contributed by atoms with van der Waals surface area (Å²) in [5.74, 6) is 0.329. The molecule has 1 aromatic carbocycles. The smallest absolute Gasteiger partial charge is 0.333 e. The predicted octanol–water partition coefficient (Wildman–Crippen LogP) is 2.62. The molecule has 0 unspecified atom stereocenters. The van der Waals surface area contributed by atoms with E-state index < -0.39 is 15.9 Å². The van der Waals surface area contributed by atoms with Gasteiger partial charge in [0, 0.05) is 29.7 Å². The fourth-order valence-corrected chi connectivity index (χ4v) is 4.62. The van der Waals surface area contributed by atoms with Gasteiger partial charge in [-0.1, -0.05) is 23.7 Å². The Labute approximate surface area is 185 Å². The van der Waals surface area contributed by atoms with Gasteiger partial charge in [-0.15, -0.1) is 0 Å². The van der Waals surface area contributed by atoms with Crippen LogP contribution >= 0.6 is 11.6 Å². The number of halogens is 1. The summed E-state index contributed by atoms with van der Waals surface area (Å²) in [7, 11) is -4.06. The number of hydrogen-bond acceptors (Lipinski definition) is 7. The van der Waals surface area contributed by atoms with E-state index in [9.17, 15) is 13.5 Å². The van der Waals surface area contributed by atoms with Gasteiger partial charge in [0.05, 0.1) is 17.6 Å². The molecule has 0 saturated heterocycles. The van der Waals surface area contributed by atoms with Crippen molar-refractivity contribution in [2.75, 3.05) is 11.9 Å². The fourth-order valence-electron chi connectivity index (χ4n) is 4.14. The molecule has 0 spiro atoms. The van der Waals surface area contributed by atoms with Gasteiger partial charge in [0.2, 0.25) is 0 Å². The molecule has 1 aliphatic rings. The number of nitrogens with two attached hydrogens (primary N) is 1. The highest BCUT2D eigenvalue weighted by molar-refractivity contribution is 7.84. The van der Waals surface area contributed by atoms with Gasteiger partial charge in [0.15, 0.2) is 0 Å². The van der Waals surface area contributed by atoms with Crippen molar-refractivity contribution in [2.45, 2.75) is 38.0 Å². The summed E-state index contributed by atoms with van der Waals surface area (Å²) in [4.78, 5) is 8.80. The van der Waals surface area contributed by atoms with Gasteiger partial charge in [0.25, 0.3) is 0 Å². The molecule has 2 heterocycles. The molecule has 1 fully saturated rings. The maximum Gasteiger partial charge on any atom is 0.333 e. The zero-order valence-electron chi connectivity index (χ0n) is 16.9. The van der Waals surface area contributed by atoms with Gasteiger partial charge in [-0.2, -0.15) is 8.42 Å². The summed E-state index contributed by atoms with van der Waals surface area (Å²) in [6.45, 7) is 2.11. The van der Waals surface area contributed by atoms with Crippen LogP contribution in [-0.4, -0.2) is 40.3 Å². The molecule has 2 aromatic heterocycles. The summed E-state index contributed by atoms with van der Waals surface area (Å²) in [6.07, 6.45) is 4.38. The summed E-state index contributed by atoms with van der Waals surface area (Å²) in [6, 6.07) is 9.44. The maximum atomic E-state index is 11.1. The zero-order valence-corrected chi connectivity index (χ0v) is 18.5. The number of anilines is 1. The molecular weight excluding hydrogens is 442 g/mol. The van der Waals surface area contributed by atoms with Crippen molar-refractivity contribution >= 4 is 38.8 Å². The summed E-state index contributed by atoms with van der Waals surface area (Å²) >= 11 is 5.94. The highest BCUT2D eigenvalue weighted by Crippen LogP contribution is 2.43. The van der Waals surface area contributed by atoms with E-state index in [0.717, 1.165) is 16.6 Å². The molecule has 4 rings (SSSR count). The minimum absolute atomic E-state index is 0.0689. The van der Waals surface area contributed by atoms with Gasteiger partial charge in [0.1, 0.15) is 17.8 Å². The van der Waals surface area contributed by atoms with Gasteiger partial charge in [-0.05, 0) is 43.5 Å². The van der Waals surface area contributed by atoms with Gasteiger partial charge in [-0.25, -0.2) is 15.1 Å². The average Bonchev–Trinajstić information content (AvgIpc) is 3.26. The Morgan fingerprint density at radius 2 is 2.06 bits per heavy atom. The number of nitrogens with zero attached hydrogens (tertiary/aromatic N) is 3. The van der Waals surface area contributed by atoms with Crippen molar-refractivity contribution in [1.29, 1.82) is 0 Å². The largest absolute Gasteiger partial charge is 0.390 e. The SMILES string of the molecule is C[C@]1(O)C[C@H](n2ccc3c(NCc4ccc(Cl)cc4)ncnc32)C[C@H]1COS(N)(=O)=O. The highest BCUT2D eigenvalue weighted by atomic mass is 35.5. The standard InChI is InChI=1S/C20H24ClN5O4S/c1-20(27)9-16(8-14(20)11-30-31(22,28)29)26-7-6-17-18(24-12-25-19(17)26)23-10-13-2-4-15(21)5-3-13/h2-7,12,14,16,27H,8-11H2,1H3,(H2,22,28,29)(H,23,24,25)/t14-,16+,20-/m0/s1. The Balaban J connectivity index is 1.53. The Morgan fingerprint density at radius 1 is 1.32 bits per heavy atom. The molecule has 0 aliphatic heterocycles. The predicted molar refractivity (Wildman–Crippen MR) is 118 cm³/mol. The third kappa shape index (κ3) is 4.99. The first-order chi connectivity index (χ1) is 14.6. The molecule has 3 atom stereocenters. The lowest BCUT2D eigenvalue weighted by Gasteiger charge is -2.24. The van der Waals surface area contributed by atoms with E-state index >= 15 is 0 Å². The van der Waals surface area contributed by atoms with Crippen LogP contribution in [0.5, 0.6) is 0 Å². The fraction of sp³-hybridized carbons (Fsp3) is 0.400. The topological polar surface area (TPSA) is 132 Å². The third-order valence-electron chi connectivity index (χ3n) is 5.79. The lowest BCUT2D eigenvalue weighted by Crippen LogP contribution is -2.33. The summed E-state index contributed by atoms with van der Waals surface area (Å²) in [5, 5.41) is 20.6. The number of benzene rings is 1. The highest BCUT2D eigenvalue weighted by Gasteiger charge is 2.44. The maximum absolute atomic E-state index is 11.1. The van der Waals surface area contributed by atoms with E-state index in [4.69, 9.17) is 20.9 Å². The monoisotopic (exact) mass is 465 g/mol. The van der Waals surface area contributed by atoms with Crippen LogP contribution in [0.2, 0.25) is 5.02 Å². The number of aliphatic hydroxyl groups is 1. The second-order valence-corrected chi connectivity index (χ2v) is 9.75. The van der Waals surface area contributed by atoms with Crippen LogP contribution in [0, 0.1) is 5.92 Å². The average molecular weight is 466 g/mol. The van der Waals surface area contributed by atoms with E-state index in [1.54, 1.807) is 6.92 Å². The molecule has 0 bridgehead atoms. The Hall–Kier alpha value is -2.24. The Bertz CT molecular complexity index is 1180. The lowest BCUT2D eigenvalue weighted by atomic mass is 9.94. The number of rotatable bonds is 7. The Kier molecular flexibility index (Phi) is 5.93. The summed E-state index contributed by atoms with van der Waals surface area (Å²) in [5.41, 5.74) is 0.719. The quantitative estimate of drug-likeness (QED) is 0.488. The van der Waals surface area contributed by atoms with Crippen LogP contribution in [-0.2, 0) is 21.0 Å². The van der Waals surface area contributed by atoms with E-state index in [2.05, 4.69) is 15.3 Å². The minimum Gasteiger partial charge on any atom is -0.390 e. The van der Waals surface area contributed by atoms with Crippen LogP contribution in [0.15, 0.2) is 42.9 Å². The molecule has 1 saturated carbocycles. The number of hydrogen-bond donors (Lipinski definition) is 3. The zero-order chi connectivity index (χ0) is 22.2. The molecule has 11 heteroatoms. The number of fused-ring (bicyclic) bond motifs is 1. The first kappa shape index (κ1) is 22.0. The third-order valence-corrected chi connectivity index (χ3v) is 6.51. The minimum atomic E-state index is -4.06. The normalized spacial score (nSPS) is 24.0. The van der Waals surface area contributed by atoms with Gasteiger partial charge in [-0.3, -0.25) is 4.18 Å². The van der Waals surface area contributed by atoms with Crippen molar-refractivity contribution < 1.29 is 17.7 Å². The molecule has 31 heavy (non-hydrogen) atoms. The molecule has 1 aliphatic carbocycles. The Morgan fingerprint density at radius 3 is 2.77 bits per heavy atom. The molecule has 9 nitrogen and oxygen atoms in total. The number of nitrogens with one attached hydrogen (secondary N) is 1. The molecule has 0 radical (unpaired) electrons. The summed E-state index contributed by atoms with van der Waals surface area (Å²) < 4.78 is 29.0. The van der Waals surface area contributed by atoms with E-state index in [1.807, 2.05) is 41.1 Å². The first-order valence-electron chi connectivity index (χ1n) is 9.82. The van der Waals surface area contributed by atoms with Crippen molar-refractivity contribution in [1.82, 2.24) is 14.5 Å². The van der Waals surface area contributed by atoms with Crippen molar-refractivity contribution in [3.8, 4) is 0 Å². The molecule has 3 aromatic rings. The molecular formula is C20H24ClN5O4S. The van der Waals surface area contributed by atoms with Crippen molar-refractivity contribution in [3.63, 3.8) is 0 Å².